The smallest absolute Gasteiger partial charge is 0.0682 e. The van der Waals surface area contributed by atoms with Gasteiger partial charge in [0.15, 0.2) is 0 Å². The highest BCUT2D eigenvalue weighted by atomic mass is 35.5. The Morgan fingerprint density at radius 2 is 1.00 bits per heavy atom. The minimum Gasteiger partial charge on any atom is -0.279 e. The third-order valence-electron chi connectivity index (χ3n) is 3.08. The van der Waals surface area contributed by atoms with Gasteiger partial charge < -0.3 is 0 Å². The van der Waals surface area contributed by atoms with Gasteiger partial charge in [-0.05, 0) is 6.42 Å². The van der Waals surface area contributed by atoms with Gasteiger partial charge in [-0.3, -0.25) is 4.29 Å². The van der Waals surface area contributed by atoms with Crippen LogP contribution in [0.5, 0.6) is 0 Å². The molecular formula is C14H29ClO. The van der Waals surface area contributed by atoms with Gasteiger partial charge in [0, 0.05) is 0 Å². The Labute approximate surface area is 107 Å². The molecule has 0 unspecified atom stereocenters. The molecule has 0 aromatic rings. The Bertz CT molecular complexity index is 103. The molecule has 0 aromatic carbocycles. The molecule has 0 saturated carbocycles. The molecular weight excluding hydrogens is 220 g/mol. The van der Waals surface area contributed by atoms with Crippen molar-refractivity contribution in [2.24, 2.45) is 0 Å². The lowest BCUT2D eigenvalue weighted by atomic mass is 10.1. The van der Waals surface area contributed by atoms with E-state index in [1.807, 2.05) is 0 Å². The fourth-order valence-electron chi connectivity index (χ4n) is 2.00. The maximum absolute atomic E-state index is 5.13. The average molecular weight is 249 g/mol. The van der Waals surface area contributed by atoms with Gasteiger partial charge in [-0.1, -0.05) is 77.6 Å². The number of halogens is 1. The lowest BCUT2D eigenvalue weighted by Gasteiger charge is -2.02. The second-order valence-electron chi connectivity index (χ2n) is 4.70. The fraction of sp³-hybridized carbons (Fsp3) is 1.00. The summed E-state index contributed by atoms with van der Waals surface area (Å²) in [5, 5.41) is 0. The molecule has 0 saturated heterocycles. The summed E-state index contributed by atoms with van der Waals surface area (Å²) in [5.74, 6) is 0. The van der Waals surface area contributed by atoms with Gasteiger partial charge in [-0.15, -0.1) is 0 Å². The van der Waals surface area contributed by atoms with Crippen LogP contribution in [-0.4, -0.2) is 6.61 Å². The first kappa shape index (κ1) is 16.2. The largest absolute Gasteiger partial charge is 0.279 e. The summed E-state index contributed by atoms with van der Waals surface area (Å²) in [6, 6.07) is 0. The Morgan fingerprint density at radius 1 is 0.625 bits per heavy atom. The zero-order valence-electron chi connectivity index (χ0n) is 11.0. The maximum Gasteiger partial charge on any atom is 0.0682 e. The predicted octanol–water partition coefficient (Wildman–Crippen LogP) is 5.86. The molecule has 0 radical (unpaired) electrons. The number of unbranched alkanes of at least 4 members (excludes halogenated alkanes) is 11. The molecule has 0 bridgehead atoms. The average Bonchev–Trinajstić information content (AvgIpc) is 2.31. The van der Waals surface area contributed by atoms with E-state index < -0.39 is 0 Å². The van der Waals surface area contributed by atoms with E-state index in [1.165, 1.54) is 70.6 Å². The Morgan fingerprint density at radius 3 is 1.38 bits per heavy atom. The van der Waals surface area contributed by atoms with Crippen molar-refractivity contribution >= 4 is 11.9 Å². The van der Waals surface area contributed by atoms with Crippen molar-refractivity contribution in [1.29, 1.82) is 0 Å². The van der Waals surface area contributed by atoms with Crippen LogP contribution in [0.4, 0.5) is 0 Å². The topological polar surface area (TPSA) is 9.23 Å². The van der Waals surface area contributed by atoms with Crippen molar-refractivity contribution in [2.75, 3.05) is 6.61 Å². The maximum atomic E-state index is 5.13. The predicted molar refractivity (Wildman–Crippen MR) is 72.9 cm³/mol. The Kier molecular flexibility index (Phi) is 15.5. The molecule has 0 fully saturated rings. The van der Waals surface area contributed by atoms with E-state index in [-0.39, 0.29) is 0 Å². The van der Waals surface area contributed by atoms with Crippen LogP contribution in [0, 0.1) is 0 Å². The van der Waals surface area contributed by atoms with Crippen LogP contribution < -0.4 is 0 Å². The van der Waals surface area contributed by atoms with Crippen molar-refractivity contribution in [3.8, 4) is 0 Å². The summed E-state index contributed by atoms with van der Waals surface area (Å²) in [6.45, 7) is 2.98. The van der Waals surface area contributed by atoms with Crippen LogP contribution >= 0.6 is 11.9 Å². The molecule has 0 N–H and O–H groups in total. The summed E-state index contributed by atoms with van der Waals surface area (Å²) < 4.78 is 4.51. The molecule has 0 rings (SSSR count). The second kappa shape index (κ2) is 15.2. The number of rotatable bonds is 13. The van der Waals surface area contributed by atoms with E-state index in [9.17, 15) is 0 Å². The molecule has 1 nitrogen and oxygen atoms in total. The number of hydrogen-bond donors (Lipinski definition) is 0. The first-order valence-corrected chi connectivity index (χ1v) is 7.46. The van der Waals surface area contributed by atoms with Crippen molar-refractivity contribution in [3.05, 3.63) is 0 Å². The molecule has 0 atom stereocenters. The third kappa shape index (κ3) is 14.2. The number of hydrogen-bond acceptors (Lipinski definition) is 1. The van der Waals surface area contributed by atoms with Crippen LogP contribution in [-0.2, 0) is 4.29 Å². The van der Waals surface area contributed by atoms with Gasteiger partial charge in [0.05, 0.1) is 18.5 Å². The normalized spacial score (nSPS) is 10.9. The highest BCUT2D eigenvalue weighted by molar-refractivity contribution is 6.07. The van der Waals surface area contributed by atoms with Crippen LogP contribution in [0.3, 0.4) is 0 Å². The van der Waals surface area contributed by atoms with Crippen LogP contribution in [0.2, 0.25) is 0 Å². The highest BCUT2D eigenvalue weighted by Crippen LogP contribution is 2.11. The Balaban J connectivity index is 2.83. The van der Waals surface area contributed by atoms with E-state index in [1.54, 1.807) is 0 Å². The molecule has 0 aromatic heterocycles. The molecule has 0 spiro atoms. The minimum atomic E-state index is 0.707. The summed E-state index contributed by atoms with van der Waals surface area (Å²) in [7, 11) is 0. The summed E-state index contributed by atoms with van der Waals surface area (Å²) in [5.41, 5.74) is 0. The standard InChI is InChI=1S/C14H29ClO/c1-2-3-4-5-6-7-8-9-10-11-12-13-14-16-15/h2-14H2,1H3. The van der Waals surface area contributed by atoms with Gasteiger partial charge >= 0.3 is 0 Å². The van der Waals surface area contributed by atoms with E-state index in [4.69, 9.17) is 11.9 Å². The van der Waals surface area contributed by atoms with Crippen LogP contribution in [0.15, 0.2) is 0 Å². The SMILES string of the molecule is CCCCCCCCCCCCCCOCl. The quantitative estimate of drug-likeness (QED) is 0.371. The first-order chi connectivity index (χ1) is 7.91. The monoisotopic (exact) mass is 248 g/mol. The molecule has 0 aliphatic rings. The summed E-state index contributed by atoms with van der Waals surface area (Å²) in [4.78, 5) is 0. The fourth-order valence-corrected chi connectivity index (χ4v) is 2.11. The van der Waals surface area contributed by atoms with Crippen molar-refractivity contribution < 1.29 is 4.29 Å². The molecule has 0 amide bonds. The van der Waals surface area contributed by atoms with Crippen molar-refractivity contribution in [1.82, 2.24) is 0 Å². The van der Waals surface area contributed by atoms with E-state index in [0.717, 1.165) is 6.42 Å². The zero-order valence-corrected chi connectivity index (χ0v) is 11.7. The highest BCUT2D eigenvalue weighted by Gasteiger charge is 1.93. The van der Waals surface area contributed by atoms with Gasteiger partial charge in [0.1, 0.15) is 0 Å². The third-order valence-corrected chi connectivity index (χ3v) is 3.23. The molecule has 16 heavy (non-hydrogen) atoms. The second-order valence-corrected chi connectivity index (χ2v) is 4.92. The molecule has 0 aliphatic heterocycles. The molecule has 0 heterocycles. The first-order valence-electron chi connectivity index (χ1n) is 7.15. The van der Waals surface area contributed by atoms with E-state index in [0.29, 0.717) is 6.61 Å². The van der Waals surface area contributed by atoms with E-state index in [2.05, 4.69) is 11.2 Å². The lowest BCUT2D eigenvalue weighted by molar-refractivity contribution is 0.334. The molecule has 98 valence electrons. The summed E-state index contributed by atoms with van der Waals surface area (Å²) in [6.07, 6.45) is 16.5. The molecule has 0 aliphatic carbocycles. The van der Waals surface area contributed by atoms with Gasteiger partial charge in [0.2, 0.25) is 0 Å². The lowest BCUT2D eigenvalue weighted by Crippen LogP contribution is -1.85. The van der Waals surface area contributed by atoms with Crippen molar-refractivity contribution in [3.63, 3.8) is 0 Å². The van der Waals surface area contributed by atoms with Crippen LogP contribution in [0.25, 0.3) is 0 Å². The van der Waals surface area contributed by atoms with Gasteiger partial charge in [-0.25, -0.2) is 0 Å². The van der Waals surface area contributed by atoms with Gasteiger partial charge in [-0.2, -0.15) is 0 Å². The minimum absolute atomic E-state index is 0.707. The zero-order chi connectivity index (χ0) is 11.9. The summed E-state index contributed by atoms with van der Waals surface area (Å²) >= 11 is 5.13. The van der Waals surface area contributed by atoms with Crippen molar-refractivity contribution in [2.45, 2.75) is 84.0 Å². The van der Waals surface area contributed by atoms with Crippen LogP contribution in [0.1, 0.15) is 84.0 Å². The van der Waals surface area contributed by atoms with Gasteiger partial charge in [0.25, 0.3) is 0 Å². The Hall–Kier alpha value is 0.250. The van der Waals surface area contributed by atoms with E-state index >= 15 is 0 Å². The molecule has 2 heteroatoms.